The van der Waals surface area contributed by atoms with E-state index in [2.05, 4.69) is 4.98 Å². The molecule has 1 amide bonds. The van der Waals surface area contributed by atoms with Crippen molar-refractivity contribution in [3.8, 4) is 5.75 Å². The Morgan fingerprint density at radius 1 is 1.61 bits per heavy atom. The Labute approximate surface area is 106 Å². The number of hydrogen-bond donors (Lipinski definition) is 1. The van der Waals surface area contributed by atoms with Crippen LogP contribution in [0.2, 0.25) is 0 Å². The molecule has 0 atom stereocenters. The van der Waals surface area contributed by atoms with Crippen LogP contribution >= 0.6 is 0 Å². The number of hydrogen-bond acceptors (Lipinski definition) is 4. The molecule has 1 saturated carbocycles. The molecule has 0 aromatic carbocycles. The van der Waals surface area contributed by atoms with E-state index in [0.29, 0.717) is 13.2 Å². The highest BCUT2D eigenvalue weighted by Gasteiger charge is 2.21. The van der Waals surface area contributed by atoms with Gasteiger partial charge in [0.1, 0.15) is 5.75 Å². The lowest BCUT2D eigenvalue weighted by Gasteiger charge is -2.17. The predicted molar refractivity (Wildman–Crippen MR) is 66.4 cm³/mol. The van der Waals surface area contributed by atoms with Crippen molar-refractivity contribution in [2.24, 2.45) is 5.92 Å². The minimum absolute atomic E-state index is 0.0854. The third-order valence-electron chi connectivity index (χ3n) is 2.96. The largest absolute Gasteiger partial charge is 0.505 e. The molecule has 5 nitrogen and oxygen atoms in total. The highest BCUT2D eigenvalue weighted by molar-refractivity contribution is 5.94. The number of pyridine rings is 1. The zero-order chi connectivity index (χ0) is 13.0. The van der Waals surface area contributed by atoms with Gasteiger partial charge in [-0.3, -0.25) is 4.79 Å². The summed E-state index contributed by atoms with van der Waals surface area (Å²) in [5.74, 6) is 0.349. The molecule has 98 valence electrons. The van der Waals surface area contributed by atoms with Crippen molar-refractivity contribution in [1.82, 2.24) is 9.88 Å². The van der Waals surface area contributed by atoms with Crippen molar-refractivity contribution in [3.63, 3.8) is 0 Å². The highest BCUT2D eigenvalue weighted by atomic mass is 16.5. The highest BCUT2D eigenvalue weighted by Crippen LogP contribution is 2.28. The van der Waals surface area contributed by atoms with E-state index in [1.165, 1.54) is 30.0 Å². The molecule has 2 rings (SSSR count). The van der Waals surface area contributed by atoms with Crippen LogP contribution in [0.4, 0.5) is 0 Å². The first-order valence-corrected chi connectivity index (χ1v) is 6.15. The maximum absolute atomic E-state index is 12.0. The van der Waals surface area contributed by atoms with E-state index >= 15 is 0 Å². The number of carbonyl (C=O) groups excluding carboxylic acids is 1. The normalized spacial score (nSPS) is 14.5. The van der Waals surface area contributed by atoms with Gasteiger partial charge in [-0.2, -0.15) is 0 Å². The minimum Gasteiger partial charge on any atom is -0.505 e. The van der Waals surface area contributed by atoms with Crippen LogP contribution in [0.15, 0.2) is 18.3 Å². The molecule has 1 aromatic rings. The molecule has 0 aliphatic heterocycles. The van der Waals surface area contributed by atoms with Crippen LogP contribution in [0.3, 0.4) is 0 Å². The Balaban J connectivity index is 1.78. The van der Waals surface area contributed by atoms with Gasteiger partial charge in [-0.25, -0.2) is 4.98 Å². The van der Waals surface area contributed by atoms with Crippen molar-refractivity contribution in [1.29, 1.82) is 0 Å². The first-order chi connectivity index (χ1) is 8.68. The molecular weight excluding hydrogens is 232 g/mol. The maximum atomic E-state index is 12.0. The average molecular weight is 250 g/mol. The topological polar surface area (TPSA) is 62.7 Å². The molecule has 1 heterocycles. The number of carbonyl (C=O) groups is 1. The van der Waals surface area contributed by atoms with Gasteiger partial charge in [0.15, 0.2) is 5.69 Å². The summed E-state index contributed by atoms with van der Waals surface area (Å²) in [4.78, 5) is 17.3. The lowest BCUT2D eigenvalue weighted by molar-refractivity contribution is 0.0673. The van der Waals surface area contributed by atoms with Gasteiger partial charge in [0, 0.05) is 26.4 Å². The molecule has 0 radical (unpaired) electrons. The van der Waals surface area contributed by atoms with Gasteiger partial charge in [0.2, 0.25) is 0 Å². The standard InChI is InChI=1S/C13H18N2O3/c1-15(7-8-18-9-10-4-5-10)13(17)12-11(16)3-2-6-14-12/h2-3,6,10,16H,4-5,7-9H2,1H3. The lowest BCUT2D eigenvalue weighted by Crippen LogP contribution is -2.31. The Morgan fingerprint density at radius 2 is 2.39 bits per heavy atom. The molecule has 0 saturated heterocycles. The Hall–Kier alpha value is -1.62. The minimum atomic E-state index is -0.289. The Morgan fingerprint density at radius 3 is 3.06 bits per heavy atom. The summed E-state index contributed by atoms with van der Waals surface area (Å²) in [7, 11) is 1.68. The van der Waals surface area contributed by atoms with E-state index in [4.69, 9.17) is 4.74 Å². The summed E-state index contributed by atoms with van der Waals surface area (Å²) in [5.41, 5.74) is 0.0854. The van der Waals surface area contributed by atoms with Gasteiger partial charge in [0.25, 0.3) is 5.91 Å². The van der Waals surface area contributed by atoms with Crippen molar-refractivity contribution in [2.45, 2.75) is 12.8 Å². The van der Waals surface area contributed by atoms with Crippen molar-refractivity contribution in [3.05, 3.63) is 24.0 Å². The molecule has 0 spiro atoms. The van der Waals surface area contributed by atoms with Crippen LogP contribution in [-0.4, -0.2) is 47.7 Å². The molecule has 18 heavy (non-hydrogen) atoms. The quantitative estimate of drug-likeness (QED) is 0.773. The van der Waals surface area contributed by atoms with Gasteiger partial charge in [-0.15, -0.1) is 0 Å². The predicted octanol–water partition coefficient (Wildman–Crippen LogP) is 1.29. The first-order valence-electron chi connectivity index (χ1n) is 6.15. The number of amides is 1. The van der Waals surface area contributed by atoms with E-state index in [-0.39, 0.29) is 17.4 Å². The smallest absolute Gasteiger partial charge is 0.276 e. The van der Waals surface area contributed by atoms with E-state index in [9.17, 15) is 9.90 Å². The summed E-state index contributed by atoms with van der Waals surface area (Å²) in [6.45, 7) is 1.81. The molecule has 1 fully saturated rings. The molecule has 5 heteroatoms. The third-order valence-corrected chi connectivity index (χ3v) is 2.96. The van der Waals surface area contributed by atoms with Gasteiger partial charge < -0.3 is 14.7 Å². The van der Waals surface area contributed by atoms with Crippen molar-refractivity contribution >= 4 is 5.91 Å². The first kappa shape index (κ1) is 12.8. The molecule has 0 unspecified atom stereocenters. The zero-order valence-electron chi connectivity index (χ0n) is 10.5. The van der Waals surface area contributed by atoms with Crippen LogP contribution in [0.1, 0.15) is 23.3 Å². The molecule has 1 aliphatic rings. The average Bonchev–Trinajstić information content (AvgIpc) is 3.18. The number of likely N-dealkylation sites (N-methyl/N-ethyl adjacent to an activating group) is 1. The molecule has 1 aliphatic carbocycles. The van der Waals surface area contributed by atoms with Crippen molar-refractivity contribution < 1.29 is 14.6 Å². The molecule has 1 N–H and O–H groups in total. The fourth-order valence-electron chi connectivity index (χ4n) is 1.58. The second-order valence-electron chi connectivity index (χ2n) is 4.62. The van der Waals surface area contributed by atoms with Crippen molar-refractivity contribution in [2.75, 3.05) is 26.8 Å². The Kier molecular flexibility index (Phi) is 4.15. The fourth-order valence-corrected chi connectivity index (χ4v) is 1.58. The van der Waals surface area contributed by atoms with Crippen LogP contribution in [-0.2, 0) is 4.74 Å². The van der Waals surface area contributed by atoms with E-state index in [1.54, 1.807) is 13.1 Å². The maximum Gasteiger partial charge on any atom is 0.276 e. The monoisotopic (exact) mass is 250 g/mol. The molecule has 0 bridgehead atoms. The summed E-state index contributed by atoms with van der Waals surface area (Å²) < 4.78 is 5.47. The SMILES string of the molecule is CN(CCOCC1CC1)C(=O)c1ncccc1O. The molecular formula is C13H18N2O3. The Bertz CT molecular complexity index is 418. The summed E-state index contributed by atoms with van der Waals surface area (Å²) in [5, 5.41) is 9.54. The van der Waals surface area contributed by atoms with Gasteiger partial charge in [0.05, 0.1) is 6.61 Å². The van der Waals surface area contributed by atoms with Gasteiger partial charge in [-0.1, -0.05) is 0 Å². The number of rotatable bonds is 6. The molecule has 1 aromatic heterocycles. The number of ether oxygens (including phenoxy) is 1. The number of aromatic nitrogens is 1. The number of nitrogens with zero attached hydrogens (tertiary/aromatic N) is 2. The lowest BCUT2D eigenvalue weighted by atomic mass is 10.3. The fraction of sp³-hybridized carbons (Fsp3) is 0.538. The zero-order valence-corrected chi connectivity index (χ0v) is 10.5. The van der Waals surface area contributed by atoms with Gasteiger partial charge in [-0.05, 0) is 30.9 Å². The van der Waals surface area contributed by atoms with Gasteiger partial charge >= 0.3 is 0 Å². The summed E-state index contributed by atoms with van der Waals surface area (Å²) in [6, 6.07) is 3.04. The van der Waals surface area contributed by atoms with E-state index in [0.717, 1.165) is 12.5 Å². The van der Waals surface area contributed by atoms with E-state index < -0.39 is 0 Å². The second-order valence-corrected chi connectivity index (χ2v) is 4.62. The summed E-state index contributed by atoms with van der Waals surface area (Å²) in [6.07, 6.45) is 4.01. The van der Waals surface area contributed by atoms with Crippen LogP contribution in [0.25, 0.3) is 0 Å². The summed E-state index contributed by atoms with van der Waals surface area (Å²) >= 11 is 0. The van der Waals surface area contributed by atoms with Crippen LogP contribution in [0.5, 0.6) is 5.75 Å². The number of aromatic hydroxyl groups is 1. The van der Waals surface area contributed by atoms with E-state index in [1.807, 2.05) is 0 Å². The second kappa shape index (κ2) is 5.82. The van der Waals surface area contributed by atoms with Crippen LogP contribution in [0, 0.1) is 5.92 Å². The van der Waals surface area contributed by atoms with Crippen LogP contribution < -0.4 is 0 Å². The third kappa shape index (κ3) is 3.43.